The molecule has 1 atom stereocenters. The van der Waals surface area contributed by atoms with Gasteiger partial charge in [-0.05, 0) is 60.9 Å². The first kappa shape index (κ1) is 27.7. The van der Waals surface area contributed by atoms with Gasteiger partial charge < -0.3 is 20.4 Å². The van der Waals surface area contributed by atoms with Crippen LogP contribution in [0, 0.1) is 17.2 Å². The molecule has 4 rings (SSSR count). The summed E-state index contributed by atoms with van der Waals surface area (Å²) in [6, 6.07) is 19.0. The number of hydrogen-bond acceptors (Lipinski definition) is 5. The molecule has 0 aliphatic carbocycles. The number of aliphatic hydroxyl groups is 1. The van der Waals surface area contributed by atoms with Crippen molar-refractivity contribution in [3.05, 3.63) is 95.1 Å². The van der Waals surface area contributed by atoms with Gasteiger partial charge in [0, 0.05) is 36.7 Å². The molecule has 0 radical (unpaired) electrons. The molecule has 1 saturated heterocycles. The summed E-state index contributed by atoms with van der Waals surface area (Å²) in [5.74, 6) is -1.80. The van der Waals surface area contributed by atoms with Crippen molar-refractivity contribution in [2.24, 2.45) is 5.92 Å². The molecule has 39 heavy (non-hydrogen) atoms. The fourth-order valence-corrected chi connectivity index (χ4v) is 4.90. The lowest BCUT2D eigenvalue weighted by Crippen LogP contribution is -2.54. The zero-order valence-corrected chi connectivity index (χ0v) is 20.8. The Bertz CT molecular complexity index is 1400. The molecule has 0 saturated carbocycles. The van der Waals surface area contributed by atoms with E-state index < -0.39 is 34.7 Å². The smallest absolute Gasteiger partial charge is 0.417 e. The van der Waals surface area contributed by atoms with Crippen LogP contribution in [0.15, 0.2) is 72.8 Å². The van der Waals surface area contributed by atoms with Gasteiger partial charge in [0.2, 0.25) is 0 Å². The Morgan fingerprint density at radius 3 is 2.31 bits per heavy atom. The molecule has 1 unspecified atom stereocenters. The first-order chi connectivity index (χ1) is 18.5. The maximum absolute atomic E-state index is 13.5. The number of nitriles is 1. The van der Waals surface area contributed by atoms with Crippen LogP contribution in [0.5, 0.6) is 5.75 Å². The Morgan fingerprint density at radius 2 is 1.69 bits per heavy atom. The van der Waals surface area contributed by atoms with Crippen molar-refractivity contribution in [2.45, 2.75) is 31.0 Å². The number of nitrogens with zero attached hydrogens (tertiary/aromatic N) is 2. The maximum Gasteiger partial charge on any atom is 0.417 e. The summed E-state index contributed by atoms with van der Waals surface area (Å²) in [4.78, 5) is 28.0. The van der Waals surface area contributed by atoms with E-state index in [4.69, 9.17) is 5.26 Å². The summed E-state index contributed by atoms with van der Waals surface area (Å²) in [6.07, 6.45) is -4.50. The lowest BCUT2D eigenvalue weighted by atomic mass is 9.76. The number of piperidine rings is 1. The van der Waals surface area contributed by atoms with Gasteiger partial charge in [0.1, 0.15) is 11.4 Å². The number of phenolic OH excluding ortho intramolecular Hbond substituents is 1. The van der Waals surface area contributed by atoms with Crippen LogP contribution in [0.2, 0.25) is 0 Å². The number of alkyl halides is 3. The standard InChI is InChI=1S/C29H26F3N3O4/c30-29(31,32)25-16-23(10-9-21(25)18-33)34-27(38)28(39,17-19-5-4-8-24(36)15-19)22-11-13-35(14-12-22)26(37)20-6-2-1-3-7-20/h1-10,15-16,22,36,39H,11-14,17H2,(H,34,38). The van der Waals surface area contributed by atoms with Crippen molar-refractivity contribution in [3.8, 4) is 11.8 Å². The van der Waals surface area contributed by atoms with E-state index in [1.807, 2.05) is 0 Å². The number of likely N-dealkylation sites (tertiary alicyclic amines) is 1. The van der Waals surface area contributed by atoms with Crippen molar-refractivity contribution < 1.29 is 33.0 Å². The summed E-state index contributed by atoms with van der Waals surface area (Å²) in [7, 11) is 0. The average Bonchev–Trinajstić information content (AvgIpc) is 2.92. The van der Waals surface area contributed by atoms with E-state index in [-0.39, 0.29) is 49.7 Å². The van der Waals surface area contributed by atoms with E-state index in [0.717, 1.165) is 6.07 Å². The van der Waals surface area contributed by atoms with Crippen molar-refractivity contribution in [3.63, 3.8) is 0 Å². The van der Waals surface area contributed by atoms with E-state index in [1.165, 1.54) is 24.3 Å². The molecule has 3 aromatic carbocycles. The molecular weight excluding hydrogens is 511 g/mol. The Balaban J connectivity index is 1.59. The third-order valence-electron chi connectivity index (χ3n) is 6.96. The van der Waals surface area contributed by atoms with Crippen LogP contribution in [-0.4, -0.2) is 45.6 Å². The highest BCUT2D eigenvalue weighted by Crippen LogP contribution is 2.36. The van der Waals surface area contributed by atoms with E-state index >= 15 is 0 Å². The quantitative estimate of drug-likeness (QED) is 0.420. The van der Waals surface area contributed by atoms with Gasteiger partial charge in [-0.3, -0.25) is 9.59 Å². The second-order valence-electron chi connectivity index (χ2n) is 9.53. The molecule has 1 fully saturated rings. The molecule has 1 aliphatic heterocycles. The number of phenols is 1. The lowest BCUT2D eigenvalue weighted by molar-refractivity contribution is -0.142. The highest BCUT2D eigenvalue weighted by Gasteiger charge is 2.46. The maximum atomic E-state index is 13.5. The predicted octanol–water partition coefficient (Wildman–Crippen LogP) is 4.75. The minimum Gasteiger partial charge on any atom is -0.508 e. The number of hydrogen-bond donors (Lipinski definition) is 3. The van der Waals surface area contributed by atoms with Crippen molar-refractivity contribution in [2.75, 3.05) is 18.4 Å². The second-order valence-corrected chi connectivity index (χ2v) is 9.53. The molecule has 202 valence electrons. The number of anilines is 1. The van der Waals surface area contributed by atoms with Crippen LogP contribution >= 0.6 is 0 Å². The second kappa shape index (κ2) is 11.2. The number of aromatic hydroxyl groups is 1. The first-order valence-electron chi connectivity index (χ1n) is 12.3. The molecule has 7 nitrogen and oxygen atoms in total. The Kier molecular flexibility index (Phi) is 7.93. The summed E-state index contributed by atoms with van der Waals surface area (Å²) in [6.45, 7) is 0.534. The van der Waals surface area contributed by atoms with Crippen LogP contribution in [0.4, 0.5) is 18.9 Å². The van der Waals surface area contributed by atoms with Gasteiger partial charge in [0.25, 0.3) is 11.8 Å². The van der Waals surface area contributed by atoms with Gasteiger partial charge in [-0.2, -0.15) is 18.4 Å². The van der Waals surface area contributed by atoms with E-state index in [0.29, 0.717) is 17.2 Å². The Labute approximate surface area is 223 Å². The number of benzene rings is 3. The van der Waals surface area contributed by atoms with Gasteiger partial charge in [0.15, 0.2) is 0 Å². The average molecular weight is 538 g/mol. The number of rotatable bonds is 6. The van der Waals surface area contributed by atoms with Crippen LogP contribution in [-0.2, 0) is 17.4 Å². The highest BCUT2D eigenvalue weighted by atomic mass is 19.4. The van der Waals surface area contributed by atoms with Crippen LogP contribution < -0.4 is 5.32 Å². The summed E-state index contributed by atoms with van der Waals surface area (Å²) >= 11 is 0. The van der Waals surface area contributed by atoms with Gasteiger partial charge in [-0.15, -0.1) is 0 Å². The minimum atomic E-state index is -4.82. The third kappa shape index (κ3) is 6.21. The fourth-order valence-electron chi connectivity index (χ4n) is 4.90. The molecule has 3 aromatic rings. The topological polar surface area (TPSA) is 114 Å². The van der Waals surface area contributed by atoms with Crippen LogP contribution in [0.3, 0.4) is 0 Å². The Morgan fingerprint density at radius 1 is 1.00 bits per heavy atom. The summed E-state index contributed by atoms with van der Waals surface area (Å²) in [5, 5.41) is 33.2. The first-order valence-corrected chi connectivity index (χ1v) is 12.3. The third-order valence-corrected chi connectivity index (χ3v) is 6.96. The molecular formula is C29H26F3N3O4. The molecule has 0 bridgehead atoms. The number of halogens is 3. The monoisotopic (exact) mass is 537 g/mol. The molecule has 2 amide bonds. The van der Waals surface area contributed by atoms with Crippen LogP contribution in [0.1, 0.15) is 39.9 Å². The summed E-state index contributed by atoms with van der Waals surface area (Å²) < 4.78 is 40.4. The van der Waals surface area contributed by atoms with Crippen molar-refractivity contribution >= 4 is 17.5 Å². The fraction of sp³-hybridized carbons (Fsp3) is 0.276. The van der Waals surface area contributed by atoms with Gasteiger partial charge >= 0.3 is 6.18 Å². The lowest BCUT2D eigenvalue weighted by Gasteiger charge is -2.40. The van der Waals surface area contributed by atoms with Crippen LogP contribution in [0.25, 0.3) is 0 Å². The molecule has 3 N–H and O–H groups in total. The highest BCUT2D eigenvalue weighted by molar-refractivity contribution is 5.98. The molecule has 0 aromatic heterocycles. The van der Waals surface area contributed by atoms with Gasteiger partial charge in [-0.1, -0.05) is 30.3 Å². The number of carbonyl (C=O) groups is 2. The molecule has 10 heteroatoms. The minimum absolute atomic E-state index is 0.0690. The van der Waals surface area contributed by atoms with Crippen molar-refractivity contribution in [1.29, 1.82) is 5.26 Å². The molecule has 1 aliphatic rings. The largest absolute Gasteiger partial charge is 0.508 e. The molecule has 0 spiro atoms. The zero-order valence-electron chi connectivity index (χ0n) is 20.8. The normalized spacial score (nSPS) is 15.7. The van der Waals surface area contributed by atoms with E-state index in [2.05, 4.69) is 5.32 Å². The SMILES string of the molecule is N#Cc1ccc(NC(=O)C(O)(Cc2cccc(O)c2)C2CCN(C(=O)c3ccccc3)CC2)cc1C(F)(F)F. The van der Waals surface area contributed by atoms with E-state index in [9.17, 15) is 33.0 Å². The zero-order chi connectivity index (χ0) is 28.2. The number of nitrogens with one attached hydrogen (secondary N) is 1. The number of amides is 2. The van der Waals surface area contributed by atoms with E-state index in [1.54, 1.807) is 47.4 Å². The Hall–Kier alpha value is -4.36. The van der Waals surface area contributed by atoms with Gasteiger partial charge in [-0.25, -0.2) is 0 Å². The predicted molar refractivity (Wildman–Crippen MR) is 137 cm³/mol. The summed E-state index contributed by atoms with van der Waals surface area (Å²) in [5.41, 5.74) is -3.12. The van der Waals surface area contributed by atoms with Gasteiger partial charge in [0.05, 0.1) is 17.2 Å². The van der Waals surface area contributed by atoms with Crippen molar-refractivity contribution in [1.82, 2.24) is 4.90 Å². The molecule has 1 heterocycles. The number of carbonyl (C=O) groups excluding carboxylic acids is 2.